The second kappa shape index (κ2) is 7.40. The highest BCUT2D eigenvalue weighted by Crippen LogP contribution is 2.30. The van der Waals surface area contributed by atoms with E-state index in [1.54, 1.807) is 0 Å². The molecule has 0 atom stereocenters. The van der Waals surface area contributed by atoms with Gasteiger partial charge < -0.3 is 5.32 Å². The Balaban J connectivity index is 1.65. The molecule has 0 aliphatic carbocycles. The number of carbonyl (C=O) groups excluding carboxylic acids is 1. The third kappa shape index (κ3) is 4.65. The van der Waals surface area contributed by atoms with Gasteiger partial charge in [0, 0.05) is 16.6 Å². The van der Waals surface area contributed by atoms with Gasteiger partial charge in [-0.3, -0.25) is 5.32 Å². The summed E-state index contributed by atoms with van der Waals surface area (Å²) in [6, 6.07) is 9.65. The number of halogens is 3. The number of thiazole rings is 1. The molecule has 0 aliphatic heterocycles. The first-order valence-corrected chi connectivity index (χ1v) is 8.89. The van der Waals surface area contributed by atoms with Gasteiger partial charge >= 0.3 is 12.2 Å². The van der Waals surface area contributed by atoms with Gasteiger partial charge in [0.05, 0.1) is 11.3 Å². The van der Waals surface area contributed by atoms with Crippen LogP contribution in [0.25, 0.3) is 11.3 Å². The minimum absolute atomic E-state index is 0.256. The Labute approximate surface area is 158 Å². The van der Waals surface area contributed by atoms with E-state index in [4.69, 9.17) is 0 Å². The number of carbonyl (C=O) groups is 1. The molecule has 0 unspecified atom stereocenters. The number of aromatic nitrogens is 1. The van der Waals surface area contributed by atoms with Gasteiger partial charge in [0.1, 0.15) is 0 Å². The number of urea groups is 1. The van der Waals surface area contributed by atoms with Crippen LogP contribution in [0.4, 0.5) is 28.8 Å². The SMILES string of the molecule is Cc1ccc(-c2csc(NC(=O)Nc3ccc(C(F)(F)F)cc3)n2)cc1C. The van der Waals surface area contributed by atoms with Gasteiger partial charge in [0.25, 0.3) is 0 Å². The molecule has 4 nitrogen and oxygen atoms in total. The van der Waals surface area contributed by atoms with Crippen molar-refractivity contribution in [1.29, 1.82) is 0 Å². The van der Waals surface area contributed by atoms with Crippen LogP contribution in [0.3, 0.4) is 0 Å². The maximum Gasteiger partial charge on any atom is 0.416 e. The number of alkyl halides is 3. The van der Waals surface area contributed by atoms with E-state index in [-0.39, 0.29) is 5.69 Å². The van der Waals surface area contributed by atoms with Crippen LogP contribution < -0.4 is 10.6 Å². The Morgan fingerprint density at radius 1 is 1.00 bits per heavy atom. The van der Waals surface area contributed by atoms with E-state index >= 15 is 0 Å². The third-order valence-electron chi connectivity index (χ3n) is 4.00. The average Bonchev–Trinajstić information content (AvgIpc) is 3.05. The molecule has 0 saturated heterocycles. The molecule has 3 rings (SSSR count). The lowest BCUT2D eigenvalue weighted by Gasteiger charge is -2.08. The second-order valence-corrected chi connectivity index (χ2v) is 6.85. The zero-order valence-electron chi connectivity index (χ0n) is 14.5. The van der Waals surface area contributed by atoms with Gasteiger partial charge in [-0.05, 0) is 55.3 Å². The van der Waals surface area contributed by atoms with Crippen LogP contribution in [0.1, 0.15) is 16.7 Å². The zero-order chi connectivity index (χ0) is 19.6. The van der Waals surface area contributed by atoms with Crippen molar-refractivity contribution in [2.45, 2.75) is 20.0 Å². The highest BCUT2D eigenvalue weighted by Gasteiger charge is 2.29. The van der Waals surface area contributed by atoms with Gasteiger partial charge in [-0.25, -0.2) is 9.78 Å². The molecule has 0 spiro atoms. The van der Waals surface area contributed by atoms with Crippen molar-refractivity contribution in [3.63, 3.8) is 0 Å². The highest BCUT2D eigenvalue weighted by molar-refractivity contribution is 7.14. The molecule has 2 amide bonds. The second-order valence-electron chi connectivity index (χ2n) is 5.99. The van der Waals surface area contributed by atoms with E-state index in [0.717, 1.165) is 29.0 Å². The van der Waals surface area contributed by atoms with Crippen molar-refractivity contribution >= 4 is 28.2 Å². The summed E-state index contributed by atoms with van der Waals surface area (Å²) in [6.45, 7) is 4.04. The molecule has 8 heteroatoms. The molecule has 0 bridgehead atoms. The molecule has 27 heavy (non-hydrogen) atoms. The smallest absolute Gasteiger partial charge is 0.308 e. The van der Waals surface area contributed by atoms with Crippen molar-refractivity contribution < 1.29 is 18.0 Å². The molecule has 3 aromatic rings. The predicted octanol–water partition coefficient (Wildman–Crippen LogP) is 6.09. The summed E-state index contributed by atoms with van der Waals surface area (Å²) in [5.41, 5.74) is 3.51. The maximum absolute atomic E-state index is 12.6. The first kappa shape index (κ1) is 18.9. The van der Waals surface area contributed by atoms with Crippen molar-refractivity contribution in [3.8, 4) is 11.3 Å². The minimum Gasteiger partial charge on any atom is -0.308 e. The number of benzene rings is 2. The quantitative estimate of drug-likeness (QED) is 0.568. The number of aryl methyl sites for hydroxylation is 2. The van der Waals surface area contributed by atoms with Gasteiger partial charge in [-0.15, -0.1) is 11.3 Å². The molecule has 0 saturated carbocycles. The predicted molar refractivity (Wildman–Crippen MR) is 101 cm³/mol. The molecule has 2 aromatic carbocycles. The van der Waals surface area contributed by atoms with Crippen molar-refractivity contribution in [2.24, 2.45) is 0 Å². The molecule has 1 aromatic heterocycles. The normalized spacial score (nSPS) is 11.3. The number of nitrogens with one attached hydrogen (secondary N) is 2. The summed E-state index contributed by atoms with van der Waals surface area (Å²) in [6.07, 6.45) is -4.41. The summed E-state index contributed by atoms with van der Waals surface area (Å²) in [4.78, 5) is 16.4. The Kier molecular flexibility index (Phi) is 5.18. The van der Waals surface area contributed by atoms with E-state index in [1.165, 1.54) is 29.0 Å². The first-order valence-electron chi connectivity index (χ1n) is 8.01. The maximum atomic E-state index is 12.6. The van der Waals surface area contributed by atoms with E-state index in [1.807, 2.05) is 37.4 Å². The van der Waals surface area contributed by atoms with Crippen molar-refractivity contribution in [1.82, 2.24) is 4.98 Å². The number of anilines is 2. The molecule has 1 heterocycles. The molecular weight excluding hydrogens is 375 g/mol. The summed E-state index contributed by atoms with van der Waals surface area (Å²) >= 11 is 1.27. The fourth-order valence-electron chi connectivity index (χ4n) is 2.37. The van der Waals surface area contributed by atoms with Crippen LogP contribution in [0.15, 0.2) is 47.8 Å². The lowest BCUT2D eigenvalue weighted by Crippen LogP contribution is -2.19. The Morgan fingerprint density at radius 3 is 2.33 bits per heavy atom. The number of rotatable bonds is 3. The van der Waals surface area contributed by atoms with Crippen molar-refractivity contribution in [2.75, 3.05) is 10.6 Å². The lowest BCUT2D eigenvalue weighted by atomic mass is 10.1. The zero-order valence-corrected chi connectivity index (χ0v) is 15.3. The van der Waals surface area contributed by atoms with Gasteiger partial charge in [0.2, 0.25) is 0 Å². The number of hydrogen-bond acceptors (Lipinski definition) is 3. The first-order chi connectivity index (χ1) is 12.7. The largest absolute Gasteiger partial charge is 0.416 e. The van der Waals surface area contributed by atoms with Gasteiger partial charge in [-0.2, -0.15) is 13.2 Å². The molecule has 2 N–H and O–H groups in total. The van der Waals surface area contributed by atoms with Crippen LogP contribution in [0.2, 0.25) is 0 Å². The van der Waals surface area contributed by atoms with E-state index in [2.05, 4.69) is 15.6 Å². The molecule has 0 aliphatic rings. The molecular formula is C19H16F3N3OS. The molecule has 0 fully saturated rings. The Hall–Kier alpha value is -2.87. The number of nitrogens with zero attached hydrogens (tertiary/aromatic N) is 1. The van der Waals surface area contributed by atoms with Crippen LogP contribution in [-0.4, -0.2) is 11.0 Å². The number of amides is 2. The third-order valence-corrected chi connectivity index (χ3v) is 4.76. The lowest BCUT2D eigenvalue weighted by molar-refractivity contribution is -0.137. The van der Waals surface area contributed by atoms with Gasteiger partial charge in [-0.1, -0.05) is 12.1 Å². The van der Waals surface area contributed by atoms with Gasteiger partial charge in [0.15, 0.2) is 5.13 Å². The fraction of sp³-hybridized carbons (Fsp3) is 0.158. The van der Waals surface area contributed by atoms with E-state index < -0.39 is 17.8 Å². The monoisotopic (exact) mass is 391 g/mol. The minimum atomic E-state index is -4.41. The van der Waals surface area contributed by atoms with E-state index in [0.29, 0.717) is 5.13 Å². The molecule has 140 valence electrons. The van der Waals surface area contributed by atoms with Crippen LogP contribution in [-0.2, 0) is 6.18 Å². The number of hydrogen-bond donors (Lipinski definition) is 2. The summed E-state index contributed by atoms with van der Waals surface area (Å²) in [5.74, 6) is 0. The topological polar surface area (TPSA) is 54.0 Å². The van der Waals surface area contributed by atoms with Crippen molar-refractivity contribution in [3.05, 3.63) is 64.5 Å². The Bertz CT molecular complexity index is 965. The standard InChI is InChI=1S/C19H16F3N3OS/c1-11-3-4-13(9-12(11)2)16-10-27-18(24-16)25-17(26)23-15-7-5-14(6-8-15)19(20,21)22/h3-10H,1-2H3,(H2,23,24,25,26). The van der Waals surface area contributed by atoms with Crippen LogP contribution >= 0.6 is 11.3 Å². The fourth-order valence-corrected chi connectivity index (χ4v) is 3.08. The van der Waals surface area contributed by atoms with Crippen LogP contribution in [0.5, 0.6) is 0 Å². The summed E-state index contributed by atoms with van der Waals surface area (Å²) < 4.78 is 37.7. The van der Waals surface area contributed by atoms with E-state index in [9.17, 15) is 18.0 Å². The summed E-state index contributed by atoms with van der Waals surface area (Å²) in [5, 5.41) is 7.30. The Morgan fingerprint density at radius 2 is 1.70 bits per heavy atom. The molecule has 0 radical (unpaired) electrons. The highest BCUT2D eigenvalue weighted by atomic mass is 32.1. The average molecular weight is 391 g/mol. The van der Waals surface area contributed by atoms with Crippen LogP contribution in [0, 0.1) is 13.8 Å². The summed E-state index contributed by atoms with van der Waals surface area (Å²) in [7, 11) is 0.